The number of amides is 1. The fourth-order valence-corrected chi connectivity index (χ4v) is 2.82. The van der Waals surface area contributed by atoms with Gasteiger partial charge in [0.05, 0.1) is 17.3 Å². The zero-order chi connectivity index (χ0) is 18.5. The molecule has 2 unspecified atom stereocenters. The van der Waals surface area contributed by atoms with Crippen molar-refractivity contribution in [3.05, 3.63) is 47.5 Å². The highest BCUT2D eigenvalue weighted by Gasteiger charge is 2.34. The van der Waals surface area contributed by atoms with Gasteiger partial charge in [-0.1, -0.05) is 29.8 Å². The number of benzene rings is 2. The molecule has 0 saturated carbocycles. The van der Waals surface area contributed by atoms with Crippen LogP contribution in [0.2, 0.25) is 5.02 Å². The summed E-state index contributed by atoms with van der Waals surface area (Å²) in [6.45, 7) is 2.51. The quantitative estimate of drug-likeness (QED) is 0.780. The highest BCUT2D eigenvalue weighted by molar-refractivity contribution is 6.32. The van der Waals surface area contributed by atoms with E-state index in [1.165, 1.54) is 0 Å². The minimum Gasteiger partial charge on any atom is -0.487 e. The van der Waals surface area contributed by atoms with E-state index in [0.29, 0.717) is 41.2 Å². The normalized spacial score (nSPS) is 18.3. The van der Waals surface area contributed by atoms with E-state index in [4.69, 9.17) is 30.5 Å². The molecule has 6 nitrogen and oxygen atoms in total. The van der Waals surface area contributed by atoms with E-state index in [1.807, 2.05) is 12.1 Å². The predicted octanol–water partition coefficient (Wildman–Crippen LogP) is 3.53. The van der Waals surface area contributed by atoms with Crippen LogP contribution in [0.3, 0.4) is 0 Å². The summed E-state index contributed by atoms with van der Waals surface area (Å²) in [5, 5.41) is 3.22. The Morgan fingerprint density at radius 3 is 2.58 bits per heavy atom. The maximum atomic E-state index is 12.7. The summed E-state index contributed by atoms with van der Waals surface area (Å²) >= 11 is 6.20. The largest absolute Gasteiger partial charge is 0.487 e. The molecular weight excluding hydrogens is 358 g/mol. The monoisotopic (exact) mass is 377 g/mol. The van der Waals surface area contributed by atoms with E-state index in [9.17, 15) is 4.79 Å². The molecule has 1 aliphatic heterocycles. The maximum Gasteiger partial charge on any atom is 0.269 e. The SMILES string of the molecule is COCCOc1c(Cl)cccc1NC(=O)C1Oc2ccccc2OC1C. The molecule has 0 aromatic heterocycles. The molecular formula is C19H20ClNO5. The van der Waals surface area contributed by atoms with Crippen molar-refractivity contribution in [3.63, 3.8) is 0 Å². The molecule has 0 saturated heterocycles. The summed E-state index contributed by atoms with van der Waals surface area (Å²) < 4.78 is 22.2. The van der Waals surface area contributed by atoms with Crippen LogP contribution < -0.4 is 19.5 Å². The molecule has 1 aliphatic rings. The summed E-state index contributed by atoms with van der Waals surface area (Å²) in [6, 6.07) is 12.4. The van der Waals surface area contributed by atoms with Crippen molar-refractivity contribution < 1.29 is 23.7 Å². The molecule has 0 bridgehead atoms. The summed E-state index contributed by atoms with van der Waals surface area (Å²) in [7, 11) is 1.58. The van der Waals surface area contributed by atoms with Crippen molar-refractivity contribution in [3.8, 4) is 17.2 Å². The summed E-state index contributed by atoms with van der Waals surface area (Å²) in [5.74, 6) is 1.21. The van der Waals surface area contributed by atoms with Gasteiger partial charge in [-0.2, -0.15) is 0 Å². The Morgan fingerprint density at radius 2 is 1.85 bits per heavy atom. The molecule has 26 heavy (non-hydrogen) atoms. The molecule has 7 heteroatoms. The standard InChI is InChI=1S/C19H20ClNO5/c1-12-17(26-16-9-4-3-8-15(16)25-12)19(22)21-14-7-5-6-13(20)18(14)24-11-10-23-2/h3-9,12,17H,10-11H2,1-2H3,(H,21,22). The molecule has 0 radical (unpaired) electrons. The first kappa shape index (κ1) is 18.4. The van der Waals surface area contributed by atoms with Crippen LogP contribution in [0.5, 0.6) is 17.2 Å². The van der Waals surface area contributed by atoms with Gasteiger partial charge in [-0.05, 0) is 31.2 Å². The number of anilines is 1. The van der Waals surface area contributed by atoms with Gasteiger partial charge in [0, 0.05) is 7.11 Å². The Kier molecular flexibility index (Phi) is 5.85. The molecule has 0 aliphatic carbocycles. The molecule has 1 heterocycles. The second-order valence-electron chi connectivity index (χ2n) is 5.76. The number of ether oxygens (including phenoxy) is 4. The fraction of sp³-hybridized carbons (Fsp3) is 0.316. The molecule has 1 amide bonds. The second-order valence-corrected chi connectivity index (χ2v) is 6.16. The third-order valence-corrected chi connectivity index (χ3v) is 4.16. The Hall–Kier alpha value is -2.44. The number of carbonyl (C=O) groups excluding carboxylic acids is 1. The van der Waals surface area contributed by atoms with Crippen LogP contribution in [0.4, 0.5) is 5.69 Å². The highest BCUT2D eigenvalue weighted by atomic mass is 35.5. The van der Waals surface area contributed by atoms with Gasteiger partial charge in [0.25, 0.3) is 5.91 Å². The van der Waals surface area contributed by atoms with Crippen molar-refractivity contribution in [1.82, 2.24) is 0 Å². The van der Waals surface area contributed by atoms with Crippen LogP contribution in [-0.2, 0) is 9.53 Å². The Morgan fingerprint density at radius 1 is 1.12 bits per heavy atom. The maximum absolute atomic E-state index is 12.7. The lowest BCUT2D eigenvalue weighted by Crippen LogP contribution is -2.46. The van der Waals surface area contributed by atoms with Gasteiger partial charge in [-0.3, -0.25) is 4.79 Å². The average molecular weight is 378 g/mol. The number of methoxy groups -OCH3 is 1. The number of carbonyl (C=O) groups is 1. The van der Waals surface area contributed by atoms with E-state index < -0.39 is 12.2 Å². The molecule has 2 aromatic rings. The smallest absolute Gasteiger partial charge is 0.269 e. The fourth-order valence-electron chi connectivity index (χ4n) is 2.59. The van der Waals surface area contributed by atoms with Gasteiger partial charge < -0.3 is 24.3 Å². The number of fused-ring (bicyclic) bond motifs is 1. The van der Waals surface area contributed by atoms with E-state index in [0.717, 1.165) is 0 Å². The zero-order valence-electron chi connectivity index (χ0n) is 14.5. The number of nitrogens with one attached hydrogen (secondary N) is 1. The lowest BCUT2D eigenvalue weighted by atomic mass is 10.1. The number of halogens is 1. The lowest BCUT2D eigenvalue weighted by molar-refractivity contribution is -0.128. The van der Waals surface area contributed by atoms with Crippen LogP contribution in [0, 0.1) is 0 Å². The molecule has 3 rings (SSSR count). The first-order valence-corrected chi connectivity index (χ1v) is 8.61. The van der Waals surface area contributed by atoms with Crippen molar-refractivity contribution >= 4 is 23.2 Å². The average Bonchev–Trinajstić information content (AvgIpc) is 2.63. The van der Waals surface area contributed by atoms with E-state index in [1.54, 1.807) is 44.4 Å². The molecule has 138 valence electrons. The predicted molar refractivity (Wildman–Crippen MR) is 98.4 cm³/mol. The molecule has 1 N–H and O–H groups in total. The van der Waals surface area contributed by atoms with E-state index in [-0.39, 0.29) is 5.91 Å². The Balaban J connectivity index is 1.75. The summed E-state index contributed by atoms with van der Waals surface area (Å²) in [4.78, 5) is 12.7. The molecule has 0 spiro atoms. The van der Waals surface area contributed by atoms with E-state index in [2.05, 4.69) is 5.32 Å². The number of rotatable bonds is 6. The van der Waals surface area contributed by atoms with Crippen molar-refractivity contribution in [1.29, 1.82) is 0 Å². The van der Waals surface area contributed by atoms with Gasteiger partial charge >= 0.3 is 0 Å². The van der Waals surface area contributed by atoms with Crippen molar-refractivity contribution in [2.24, 2.45) is 0 Å². The second kappa shape index (κ2) is 8.29. The number of hydrogen-bond donors (Lipinski definition) is 1. The first-order chi connectivity index (χ1) is 12.6. The minimum atomic E-state index is -0.796. The molecule has 0 fully saturated rings. The zero-order valence-corrected chi connectivity index (χ0v) is 15.3. The van der Waals surface area contributed by atoms with Crippen LogP contribution in [0.1, 0.15) is 6.92 Å². The molecule has 2 aromatic carbocycles. The Bertz CT molecular complexity index is 782. The van der Waals surface area contributed by atoms with Gasteiger partial charge in [-0.25, -0.2) is 0 Å². The third kappa shape index (κ3) is 4.03. The first-order valence-electron chi connectivity index (χ1n) is 8.23. The summed E-state index contributed by atoms with van der Waals surface area (Å²) in [5.41, 5.74) is 0.466. The van der Waals surface area contributed by atoms with Crippen molar-refractivity contribution in [2.45, 2.75) is 19.1 Å². The number of para-hydroxylation sites is 3. The van der Waals surface area contributed by atoms with Gasteiger partial charge in [0.2, 0.25) is 6.10 Å². The number of hydrogen-bond acceptors (Lipinski definition) is 5. The van der Waals surface area contributed by atoms with Crippen LogP contribution in [-0.4, -0.2) is 38.4 Å². The van der Waals surface area contributed by atoms with Gasteiger partial charge in [0.15, 0.2) is 17.2 Å². The Labute approximate surface area is 157 Å². The topological polar surface area (TPSA) is 66.0 Å². The van der Waals surface area contributed by atoms with Crippen LogP contribution in [0.25, 0.3) is 0 Å². The lowest BCUT2D eigenvalue weighted by Gasteiger charge is -2.31. The third-order valence-electron chi connectivity index (χ3n) is 3.86. The highest BCUT2D eigenvalue weighted by Crippen LogP contribution is 2.35. The van der Waals surface area contributed by atoms with Crippen molar-refractivity contribution in [2.75, 3.05) is 25.6 Å². The van der Waals surface area contributed by atoms with Crippen LogP contribution in [0.15, 0.2) is 42.5 Å². The summed E-state index contributed by atoms with van der Waals surface area (Å²) in [6.07, 6.45) is -1.24. The minimum absolute atomic E-state index is 0.315. The van der Waals surface area contributed by atoms with E-state index >= 15 is 0 Å². The van der Waals surface area contributed by atoms with Gasteiger partial charge in [-0.15, -0.1) is 0 Å². The van der Waals surface area contributed by atoms with Gasteiger partial charge in [0.1, 0.15) is 12.7 Å². The molecule has 2 atom stereocenters. The van der Waals surface area contributed by atoms with Crippen LogP contribution >= 0.6 is 11.6 Å².